The van der Waals surface area contributed by atoms with Crippen LogP contribution in [0.5, 0.6) is 0 Å². The number of carboxylic acids is 1. The summed E-state index contributed by atoms with van der Waals surface area (Å²) < 4.78 is 0. The van der Waals surface area contributed by atoms with E-state index in [1.165, 1.54) is 4.90 Å². The van der Waals surface area contributed by atoms with Crippen molar-refractivity contribution in [3.63, 3.8) is 0 Å². The maximum atomic E-state index is 12.1. The first kappa shape index (κ1) is 10.7. The summed E-state index contributed by atoms with van der Waals surface area (Å²) in [4.78, 5) is 27.1. The first-order chi connectivity index (χ1) is 7.59. The Bertz CT molecular complexity index is 421. The van der Waals surface area contributed by atoms with Gasteiger partial charge in [0.1, 0.15) is 6.54 Å². The monoisotopic (exact) mass is 222 g/mol. The highest BCUT2D eigenvalue weighted by Crippen LogP contribution is 2.28. The molecule has 0 aliphatic heterocycles. The average molecular weight is 222 g/mol. The number of rotatable bonds is 4. The molecule has 0 bridgehead atoms. The van der Waals surface area contributed by atoms with E-state index >= 15 is 0 Å². The van der Waals surface area contributed by atoms with Gasteiger partial charge in [0.05, 0.1) is 5.56 Å². The number of nitrogens with zero attached hydrogens (tertiary/aromatic N) is 1. The molecule has 1 aromatic rings. The number of aromatic amines is 1. The number of nitrogens with one attached hydrogen (secondary N) is 1. The van der Waals surface area contributed by atoms with Crippen LogP contribution in [0.25, 0.3) is 0 Å². The predicted molar refractivity (Wildman–Crippen MR) is 57.2 cm³/mol. The van der Waals surface area contributed by atoms with Crippen molar-refractivity contribution in [3.8, 4) is 0 Å². The summed E-state index contributed by atoms with van der Waals surface area (Å²) in [6, 6.07) is 0.109. The fraction of sp³-hybridized carbons (Fsp3) is 0.455. The van der Waals surface area contributed by atoms with E-state index in [1.54, 1.807) is 12.4 Å². The van der Waals surface area contributed by atoms with Gasteiger partial charge < -0.3 is 15.0 Å². The van der Waals surface area contributed by atoms with E-state index in [9.17, 15) is 9.59 Å². The highest BCUT2D eigenvalue weighted by molar-refractivity contribution is 5.97. The van der Waals surface area contributed by atoms with Crippen LogP contribution >= 0.6 is 0 Å². The highest BCUT2D eigenvalue weighted by atomic mass is 16.4. The molecule has 1 aliphatic carbocycles. The molecule has 0 radical (unpaired) electrons. The van der Waals surface area contributed by atoms with Crippen LogP contribution in [0.15, 0.2) is 12.4 Å². The van der Waals surface area contributed by atoms with Crippen molar-refractivity contribution in [2.45, 2.75) is 25.8 Å². The molecule has 1 heterocycles. The zero-order chi connectivity index (χ0) is 11.7. The maximum absolute atomic E-state index is 12.1. The molecule has 1 amide bonds. The average Bonchev–Trinajstić information content (AvgIpc) is 2.97. The topological polar surface area (TPSA) is 73.4 Å². The second-order valence-electron chi connectivity index (χ2n) is 4.11. The molecule has 16 heavy (non-hydrogen) atoms. The minimum absolute atomic E-state index is 0.109. The van der Waals surface area contributed by atoms with Gasteiger partial charge in [-0.3, -0.25) is 9.59 Å². The Morgan fingerprint density at radius 3 is 2.62 bits per heavy atom. The number of carboxylic acid groups (broad SMARTS) is 1. The van der Waals surface area contributed by atoms with Gasteiger partial charge in [0.15, 0.2) is 0 Å². The van der Waals surface area contributed by atoms with E-state index in [4.69, 9.17) is 5.11 Å². The SMILES string of the molecule is Cc1c[nH]cc1C(=O)N(CC(=O)O)C1CC1. The van der Waals surface area contributed by atoms with Gasteiger partial charge in [0.2, 0.25) is 0 Å². The van der Waals surface area contributed by atoms with Crippen LogP contribution in [-0.2, 0) is 4.79 Å². The Kier molecular flexibility index (Phi) is 2.68. The number of aryl methyl sites for hydroxylation is 1. The van der Waals surface area contributed by atoms with Gasteiger partial charge in [0.25, 0.3) is 5.91 Å². The molecule has 1 aromatic heterocycles. The minimum Gasteiger partial charge on any atom is -0.480 e. The quantitative estimate of drug-likeness (QED) is 0.798. The van der Waals surface area contributed by atoms with Crippen LogP contribution in [-0.4, -0.2) is 39.5 Å². The van der Waals surface area contributed by atoms with Crippen LogP contribution in [0.2, 0.25) is 0 Å². The Hall–Kier alpha value is -1.78. The van der Waals surface area contributed by atoms with E-state index in [0.717, 1.165) is 18.4 Å². The fourth-order valence-electron chi connectivity index (χ4n) is 1.73. The number of aromatic nitrogens is 1. The summed E-state index contributed by atoms with van der Waals surface area (Å²) in [5, 5.41) is 8.77. The van der Waals surface area contributed by atoms with E-state index < -0.39 is 5.97 Å². The Morgan fingerprint density at radius 1 is 1.50 bits per heavy atom. The molecule has 1 fully saturated rings. The lowest BCUT2D eigenvalue weighted by molar-refractivity contribution is -0.137. The lowest BCUT2D eigenvalue weighted by atomic mass is 10.2. The number of amides is 1. The lowest BCUT2D eigenvalue weighted by Crippen LogP contribution is -2.37. The van der Waals surface area contributed by atoms with Gasteiger partial charge in [-0.25, -0.2) is 0 Å². The summed E-state index contributed by atoms with van der Waals surface area (Å²) in [7, 11) is 0. The van der Waals surface area contributed by atoms with Crippen molar-refractivity contribution in [1.29, 1.82) is 0 Å². The third kappa shape index (κ3) is 2.08. The van der Waals surface area contributed by atoms with Gasteiger partial charge in [-0.2, -0.15) is 0 Å². The second-order valence-corrected chi connectivity index (χ2v) is 4.11. The number of carbonyl (C=O) groups is 2. The van der Waals surface area contributed by atoms with E-state index in [-0.39, 0.29) is 18.5 Å². The normalized spacial score (nSPS) is 14.8. The zero-order valence-electron chi connectivity index (χ0n) is 9.06. The second kappa shape index (κ2) is 4.00. The van der Waals surface area contributed by atoms with Crippen LogP contribution in [0.3, 0.4) is 0 Å². The zero-order valence-corrected chi connectivity index (χ0v) is 9.06. The van der Waals surface area contributed by atoms with E-state index in [1.807, 2.05) is 6.92 Å². The third-order valence-corrected chi connectivity index (χ3v) is 2.74. The van der Waals surface area contributed by atoms with Gasteiger partial charge >= 0.3 is 5.97 Å². The Labute approximate surface area is 93.1 Å². The molecule has 5 nitrogen and oxygen atoms in total. The number of H-pyrrole nitrogens is 1. The van der Waals surface area contributed by atoms with E-state index in [2.05, 4.69) is 4.98 Å². The summed E-state index contributed by atoms with van der Waals surface area (Å²) in [5.74, 6) is -1.16. The Balaban J connectivity index is 2.17. The summed E-state index contributed by atoms with van der Waals surface area (Å²) >= 11 is 0. The molecule has 2 N–H and O–H groups in total. The number of aliphatic carboxylic acids is 1. The number of hydrogen-bond donors (Lipinski definition) is 2. The van der Waals surface area contributed by atoms with Crippen molar-refractivity contribution in [1.82, 2.24) is 9.88 Å². The minimum atomic E-state index is -0.964. The summed E-state index contributed by atoms with van der Waals surface area (Å²) in [5.41, 5.74) is 1.41. The molecular formula is C11H14N2O3. The molecule has 5 heteroatoms. The molecule has 0 unspecified atom stereocenters. The van der Waals surface area contributed by atoms with Crippen LogP contribution in [0, 0.1) is 6.92 Å². The van der Waals surface area contributed by atoms with Crippen molar-refractivity contribution in [2.24, 2.45) is 0 Å². The van der Waals surface area contributed by atoms with Gasteiger partial charge in [-0.05, 0) is 25.3 Å². The summed E-state index contributed by atoms with van der Waals surface area (Å²) in [6.45, 7) is 1.61. The van der Waals surface area contributed by atoms with Crippen molar-refractivity contribution >= 4 is 11.9 Å². The lowest BCUT2D eigenvalue weighted by Gasteiger charge is -2.19. The van der Waals surface area contributed by atoms with Crippen molar-refractivity contribution in [2.75, 3.05) is 6.54 Å². The maximum Gasteiger partial charge on any atom is 0.323 e. The molecule has 1 aliphatic rings. The molecule has 2 rings (SSSR count). The number of carbonyl (C=O) groups excluding carboxylic acids is 1. The fourth-order valence-corrected chi connectivity index (χ4v) is 1.73. The predicted octanol–water partition coefficient (Wildman–Crippen LogP) is 1.01. The van der Waals surface area contributed by atoms with Crippen LogP contribution in [0.1, 0.15) is 28.8 Å². The smallest absolute Gasteiger partial charge is 0.323 e. The standard InChI is InChI=1S/C11H14N2O3/c1-7-4-12-5-9(7)11(16)13(6-10(14)15)8-2-3-8/h4-5,8,12H,2-3,6H2,1H3,(H,14,15). The molecular weight excluding hydrogens is 208 g/mol. The molecule has 1 saturated carbocycles. The Morgan fingerprint density at radius 2 is 2.19 bits per heavy atom. The molecule has 0 spiro atoms. The first-order valence-electron chi connectivity index (χ1n) is 5.25. The third-order valence-electron chi connectivity index (χ3n) is 2.74. The summed E-state index contributed by atoms with van der Waals surface area (Å²) in [6.07, 6.45) is 5.17. The largest absolute Gasteiger partial charge is 0.480 e. The number of hydrogen-bond acceptors (Lipinski definition) is 2. The molecule has 86 valence electrons. The van der Waals surface area contributed by atoms with Gasteiger partial charge in [-0.1, -0.05) is 0 Å². The molecule has 0 atom stereocenters. The van der Waals surface area contributed by atoms with Gasteiger partial charge in [-0.15, -0.1) is 0 Å². The van der Waals surface area contributed by atoms with Gasteiger partial charge in [0, 0.05) is 18.4 Å². The van der Waals surface area contributed by atoms with Crippen molar-refractivity contribution < 1.29 is 14.7 Å². The van der Waals surface area contributed by atoms with Crippen LogP contribution in [0.4, 0.5) is 0 Å². The highest BCUT2D eigenvalue weighted by Gasteiger charge is 2.34. The first-order valence-corrected chi connectivity index (χ1v) is 5.25. The molecule has 0 saturated heterocycles. The van der Waals surface area contributed by atoms with Crippen molar-refractivity contribution in [3.05, 3.63) is 23.5 Å². The van der Waals surface area contributed by atoms with Crippen LogP contribution < -0.4 is 0 Å². The van der Waals surface area contributed by atoms with E-state index in [0.29, 0.717) is 5.56 Å². The molecule has 0 aromatic carbocycles.